The van der Waals surface area contributed by atoms with Gasteiger partial charge in [0.05, 0.1) is 19.8 Å². The molecule has 1 aromatic heterocycles. The molecule has 2 aromatic rings. The molecule has 0 bridgehead atoms. The molecule has 156 valence electrons. The normalized spacial score (nSPS) is 15.3. The fourth-order valence-electron chi connectivity index (χ4n) is 4.04. The van der Waals surface area contributed by atoms with E-state index in [0.717, 1.165) is 40.5 Å². The van der Waals surface area contributed by atoms with E-state index in [2.05, 4.69) is 11.4 Å². The molecule has 0 radical (unpaired) electrons. The van der Waals surface area contributed by atoms with Crippen LogP contribution in [-0.2, 0) is 19.4 Å². The Bertz CT molecular complexity index is 838. The highest BCUT2D eigenvalue weighted by Gasteiger charge is 2.18. The predicted octanol–water partition coefficient (Wildman–Crippen LogP) is 6.47. The first kappa shape index (κ1) is 21.5. The summed E-state index contributed by atoms with van der Waals surface area (Å²) in [5, 5.41) is 14.4. The molecule has 0 spiro atoms. The summed E-state index contributed by atoms with van der Waals surface area (Å²) in [5.41, 5.74) is 3.27. The first-order valence-electron chi connectivity index (χ1n) is 10.8. The number of ether oxygens (including phenoxy) is 2. The Hall–Kier alpha value is -2.19. The first-order chi connectivity index (χ1) is 14.3. The molecule has 4 nitrogen and oxygen atoms in total. The summed E-state index contributed by atoms with van der Waals surface area (Å²) >= 11 is 1.78. The number of hydrogen-bond acceptors (Lipinski definition) is 5. The lowest BCUT2D eigenvalue weighted by Crippen LogP contribution is -2.01. The molecule has 1 heterocycles. The molecule has 0 unspecified atom stereocenters. The second kappa shape index (κ2) is 11.1. The molecule has 1 aromatic carbocycles. The van der Waals surface area contributed by atoms with Crippen molar-refractivity contribution in [2.24, 2.45) is 0 Å². The van der Waals surface area contributed by atoms with E-state index >= 15 is 0 Å². The van der Waals surface area contributed by atoms with Crippen LogP contribution in [0.25, 0.3) is 0 Å². The SMILES string of the molecule is COc1ccc(CNc2sc3c(c2C#N)CCCCCCCCCC3)cc1OC. The summed E-state index contributed by atoms with van der Waals surface area (Å²) in [6.45, 7) is 0.661. The zero-order valence-electron chi connectivity index (χ0n) is 17.7. The lowest BCUT2D eigenvalue weighted by Gasteiger charge is -2.10. The minimum atomic E-state index is 0.661. The highest BCUT2D eigenvalue weighted by Crippen LogP contribution is 2.36. The van der Waals surface area contributed by atoms with Crippen molar-refractivity contribution < 1.29 is 9.47 Å². The fourth-order valence-corrected chi connectivity index (χ4v) is 5.28. The number of aryl methyl sites for hydroxylation is 1. The molecule has 29 heavy (non-hydrogen) atoms. The monoisotopic (exact) mass is 412 g/mol. The van der Waals surface area contributed by atoms with E-state index in [0.29, 0.717) is 6.54 Å². The van der Waals surface area contributed by atoms with Gasteiger partial charge in [0.25, 0.3) is 0 Å². The van der Waals surface area contributed by atoms with E-state index in [1.807, 2.05) is 18.2 Å². The van der Waals surface area contributed by atoms with Crippen LogP contribution in [0.2, 0.25) is 0 Å². The van der Waals surface area contributed by atoms with Crippen molar-refractivity contribution in [3.05, 3.63) is 39.8 Å². The third-order valence-corrected chi connectivity index (χ3v) is 6.93. The molecule has 0 saturated heterocycles. The van der Waals surface area contributed by atoms with E-state index in [4.69, 9.17) is 9.47 Å². The van der Waals surface area contributed by atoms with Gasteiger partial charge in [0.2, 0.25) is 0 Å². The number of nitrogens with zero attached hydrogens (tertiary/aromatic N) is 1. The number of nitrogens with one attached hydrogen (secondary N) is 1. The Balaban J connectivity index is 1.77. The maximum atomic E-state index is 9.88. The zero-order chi connectivity index (χ0) is 20.5. The van der Waals surface area contributed by atoms with Gasteiger partial charge in [-0.25, -0.2) is 0 Å². The number of methoxy groups -OCH3 is 2. The fraction of sp³-hybridized carbons (Fsp3) is 0.542. The number of hydrogen-bond donors (Lipinski definition) is 1. The highest BCUT2D eigenvalue weighted by atomic mass is 32.1. The predicted molar refractivity (Wildman–Crippen MR) is 120 cm³/mol. The Morgan fingerprint density at radius 3 is 2.24 bits per heavy atom. The van der Waals surface area contributed by atoms with Gasteiger partial charge in [0, 0.05) is 11.4 Å². The minimum absolute atomic E-state index is 0.661. The number of benzene rings is 1. The van der Waals surface area contributed by atoms with Crippen molar-refractivity contribution in [2.45, 2.75) is 70.8 Å². The Morgan fingerprint density at radius 2 is 1.59 bits per heavy atom. The van der Waals surface area contributed by atoms with Crippen molar-refractivity contribution in [2.75, 3.05) is 19.5 Å². The number of nitriles is 1. The third kappa shape index (κ3) is 5.67. The van der Waals surface area contributed by atoms with Crippen LogP contribution in [0.5, 0.6) is 11.5 Å². The summed E-state index contributed by atoms with van der Waals surface area (Å²) in [6, 6.07) is 8.44. The molecule has 3 rings (SSSR count). The first-order valence-corrected chi connectivity index (χ1v) is 11.6. The Labute approximate surface area is 178 Å². The van der Waals surface area contributed by atoms with Crippen LogP contribution < -0.4 is 14.8 Å². The minimum Gasteiger partial charge on any atom is -0.493 e. The van der Waals surface area contributed by atoms with Crippen LogP contribution in [0.4, 0.5) is 5.00 Å². The van der Waals surface area contributed by atoms with Crippen LogP contribution in [0.15, 0.2) is 18.2 Å². The van der Waals surface area contributed by atoms with E-state index in [1.165, 1.54) is 61.8 Å². The lowest BCUT2D eigenvalue weighted by atomic mass is 9.98. The van der Waals surface area contributed by atoms with Crippen LogP contribution >= 0.6 is 11.3 Å². The molecule has 0 fully saturated rings. The Kier molecular flexibility index (Phi) is 8.25. The molecule has 0 saturated carbocycles. The summed E-state index contributed by atoms with van der Waals surface area (Å²) in [6.07, 6.45) is 12.5. The zero-order valence-corrected chi connectivity index (χ0v) is 18.5. The van der Waals surface area contributed by atoms with Gasteiger partial charge >= 0.3 is 0 Å². The highest BCUT2D eigenvalue weighted by molar-refractivity contribution is 7.16. The van der Waals surface area contributed by atoms with Gasteiger partial charge < -0.3 is 14.8 Å². The van der Waals surface area contributed by atoms with Crippen LogP contribution in [-0.4, -0.2) is 14.2 Å². The van der Waals surface area contributed by atoms with Gasteiger partial charge in [0.1, 0.15) is 11.1 Å². The van der Waals surface area contributed by atoms with Gasteiger partial charge in [-0.3, -0.25) is 0 Å². The van der Waals surface area contributed by atoms with Gasteiger partial charge in [-0.2, -0.15) is 5.26 Å². The van der Waals surface area contributed by atoms with Crippen molar-refractivity contribution in [1.82, 2.24) is 0 Å². The van der Waals surface area contributed by atoms with Crippen molar-refractivity contribution >= 4 is 16.3 Å². The summed E-state index contributed by atoms with van der Waals surface area (Å²) in [7, 11) is 3.29. The summed E-state index contributed by atoms with van der Waals surface area (Å²) in [5.74, 6) is 1.46. The van der Waals surface area contributed by atoms with Crippen LogP contribution in [0, 0.1) is 11.3 Å². The van der Waals surface area contributed by atoms with E-state index in [-0.39, 0.29) is 0 Å². The average molecular weight is 413 g/mol. The lowest BCUT2D eigenvalue weighted by molar-refractivity contribution is 0.354. The Morgan fingerprint density at radius 1 is 0.931 bits per heavy atom. The molecular formula is C24H32N2O2S. The average Bonchev–Trinajstić information content (AvgIpc) is 3.08. The van der Waals surface area contributed by atoms with E-state index in [9.17, 15) is 5.26 Å². The van der Waals surface area contributed by atoms with E-state index < -0.39 is 0 Å². The molecule has 1 aliphatic carbocycles. The quantitative estimate of drug-likeness (QED) is 0.611. The number of fused-ring (bicyclic) bond motifs is 1. The third-order valence-electron chi connectivity index (χ3n) is 5.68. The van der Waals surface area contributed by atoms with Gasteiger partial charge in [-0.1, -0.05) is 44.6 Å². The molecule has 5 heteroatoms. The second-order valence-electron chi connectivity index (χ2n) is 7.69. The van der Waals surface area contributed by atoms with Crippen LogP contribution in [0.1, 0.15) is 72.9 Å². The largest absolute Gasteiger partial charge is 0.493 e. The van der Waals surface area contributed by atoms with Crippen molar-refractivity contribution in [3.63, 3.8) is 0 Å². The molecule has 0 aliphatic heterocycles. The van der Waals surface area contributed by atoms with Crippen LogP contribution in [0.3, 0.4) is 0 Å². The maximum Gasteiger partial charge on any atom is 0.161 e. The number of rotatable bonds is 5. The van der Waals surface area contributed by atoms with Crippen molar-refractivity contribution in [1.29, 1.82) is 5.26 Å². The smallest absolute Gasteiger partial charge is 0.161 e. The van der Waals surface area contributed by atoms with Crippen molar-refractivity contribution in [3.8, 4) is 17.6 Å². The second-order valence-corrected chi connectivity index (χ2v) is 8.80. The molecule has 0 atom stereocenters. The standard InChI is InChI=1S/C24H32N2O2S/c1-27-21-14-13-18(15-22(21)28-2)17-26-24-20(16-25)19-11-9-7-5-3-4-6-8-10-12-23(19)29-24/h13-15,26H,3-12,17H2,1-2H3. The number of anilines is 1. The van der Waals surface area contributed by atoms with Gasteiger partial charge in [-0.15, -0.1) is 11.3 Å². The summed E-state index contributed by atoms with van der Waals surface area (Å²) < 4.78 is 10.7. The topological polar surface area (TPSA) is 54.3 Å². The van der Waals surface area contributed by atoms with E-state index in [1.54, 1.807) is 25.6 Å². The maximum absolute atomic E-state index is 9.88. The molecular weight excluding hydrogens is 380 g/mol. The molecule has 1 aliphatic rings. The van der Waals surface area contributed by atoms with Gasteiger partial charge in [0.15, 0.2) is 11.5 Å². The molecule has 0 amide bonds. The van der Waals surface area contributed by atoms with Gasteiger partial charge in [-0.05, 0) is 48.9 Å². The number of thiophene rings is 1. The molecule has 1 N–H and O–H groups in total. The summed E-state index contributed by atoms with van der Waals surface area (Å²) in [4.78, 5) is 1.41.